The van der Waals surface area contributed by atoms with E-state index in [1.165, 1.54) is 18.2 Å². The summed E-state index contributed by atoms with van der Waals surface area (Å²) in [5.74, 6) is -0.0454. The Balaban J connectivity index is 1.76. The first-order valence-electron chi connectivity index (χ1n) is 9.24. The zero-order chi connectivity index (χ0) is 19.5. The predicted molar refractivity (Wildman–Crippen MR) is 99.2 cm³/mol. The summed E-state index contributed by atoms with van der Waals surface area (Å²) in [6.45, 7) is -0.419. The lowest BCUT2D eigenvalue weighted by molar-refractivity contribution is -0.162. The maximum absolute atomic E-state index is 11.2. The molecule has 1 saturated heterocycles. The van der Waals surface area contributed by atoms with E-state index in [0.717, 1.165) is 12.0 Å². The molecule has 1 aromatic carbocycles. The number of ether oxygens (including phenoxy) is 1. The third kappa shape index (κ3) is 2.18. The maximum Gasteiger partial charge on any atom is 0.183 e. The van der Waals surface area contributed by atoms with Gasteiger partial charge in [0.05, 0.1) is 12.9 Å². The molecule has 5 N–H and O–H groups in total. The summed E-state index contributed by atoms with van der Waals surface area (Å²) >= 11 is 0. The van der Waals surface area contributed by atoms with Gasteiger partial charge in [-0.1, -0.05) is 24.3 Å². The standard InChI is InChI=1S/C19H21N5O4/c20-17-14-18(22-8-21-17)24(9-23-14)19(16(27)15(26)13(7-25)28-19)12-6-5-10-3-1-2-4-11(10)12/h1-4,8-9,12-13,15-16,25-27H,5-7H2,(H2,20,21,22)/t12-,13+,15+,16+,19+/m0/s1. The number of nitrogens with zero attached hydrogens (tertiary/aromatic N) is 4. The van der Waals surface area contributed by atoms with E-state index in [0.29, 0.717) is 17.6 Å². The molecule has 0 bridgehead atoms. The molecular weight excluding hydrogens is 362 g/mol. The van der Waals surface area contributed by atoms with Crippen molar-refractivity contribution in [1.82, 2.24) is 19.5 Å². The number of hydrogen-bond donors (Lipinski definition) is 4. The van der Waals surface area contributed by atoms with Crippen molar-refractivity contribution in [3.63, 3.8) is 0 Å². The van der Waals surface area contributed by atoms with Crippen LogP contribution in [0.15, 0.2) is 36.9 Å². The fourth-order valence-corrected chi connectivity index (χ4v) is 4.73. The normalized spacial score (nSPS) is 32.1. The van der Waals surface area contributed by atoms with Crippen LogP contribution in [0.4, 0.5) is 5.82 Å². The summed E-state index contributed by atoms with van der Waals surface area (Å²) < 4.78 is 7.86. The number of aliphatic hydroxyl groups is 3. The molecule has 9 heteroatoms. The van der Waals surface area contributed by atoms with E-state index in [4.69, 9.17) is 10.5 Å². The van der Waals surface area contributed by atoms with E-state index in [1.54, 1.807) is 4.57 Å². The number of nitrogen functional groups attached to an aromatic ring is 1. The maximum atomic E-state index is 11.2. The molecule has 1 aliphatic heterocycles. The number of nitrogens with two attached hydrogens (primary N) is 1. The van der Waals surface area contributed by atoms with Crippen LogP contribution in [0.2, 0.25) is 0 Å². The van der Waals surface area contributed by atoms with E-state index in [9.17, 15) is 15.3 Å². The van der Waals surface area contributed by atoms with Gasteiger partial charge >= 0.3 is 0 Å². The summed E-state index contributed by atoms with van der Waals surface area (Å²) in [5, 5.41) is 31.5. The van der Waals surface area contributed by atoms with Gasteiger partial charge in [-0.3, -0.25) is 4.57 Å². The Labute approximate surface area is 160 Å². The van der Waals surface area contributed by atoms with Gasteiger partial charge in [0.2, 0.25) is 0 Å². The minimum atomic E-state index is -1.38. The van der Waals surface area contributed by atoms with Crippen LogP contribution in [0.5, 0.6) is 0 Å². The van der Waals surface area contributed by atoms with Crippen LogP contribution in [0.1, 0.15) is 23.5 Å². The second kappa shape index (κ2) is 6.21. The largest absolute Gasteiger partial charge is 0.394 e. The number of aromatic nitrogens is 4. The Morgan fingerprint density at radius 1 is 1.21 bits per heavy atom. The van der Waals surface area contributed by atoms with Gasteiger partial charge in [-0.2, -0.15) is 0 Å². The lowest BCUT2D eigenvalue weighted by Crippen LogP contribution is -2.49. The SMILES string of the molecule is Nc1ncnc2c1ncn2[C@]1([C@H]2CCc3ccccc32)O[C@H](CO)[C@@H](O)[C@H]1O. The first kappa shape index (κ1) is 17.5. The highest BCUT2D eigenvalue weighted by atomic mass is 16.6. The summed E-state index contributed by atoms with van der Waals surface area (Å²) in [6.07, 6.45) is 0.882. The Bertz CT molecular complexity index is 1040. The van der Waals surface area contributed by atoms with Crippen molar-refractivity contribution >= 4 is 17.0 Å². The molecule has 0 radical (unpaired) electrons. The Hall–Kier alpha value is -2.59. The van der Waals surface area contributed by atoms with Gasteiger partial charge in [-0.25, -0.2) is 15.0 Å². The summed E-state index contributed by atoms with van der Waals surface area (Å²) in [4.78, 5) is 12.6. The van der Waals surface area contributed by atoms with Crippen molar-refractivity contribution in [3.8, 4) is 0 Å². The molecule has 0 unspecified atom stereocenters. The third-order valence-corrected chi connectivity index (χ3v) is 6.02. The highest BCUT2D eigenvalue weighted by Gasteiger charge is 2.61. The lowest BCUT2D eigenvalue weighted by atomic mass is 9.84. The molecule has 146 valence electrons. The molecule has 3 aromatic rings. The van der Waals surface area contributed by atoms with Gasteiger partial charge < -0.3 is 25.8 Å². The van der Waals surface area contributed by atoms with Crippen LogP contribution in [0, 0.1) is 0 Å². The van der Waals surface area contributed by atoms with Gasteiger partial charge in [0.25, 0.3) is 0 Å². The van der Waals surface area contributed by atoms with Crippen LogP contribution in [0.3, 0.4) is 0 Å². The quantitative estimate of drug-likeness (QED) is 0.492. The monoisotopic (exact) mass is 383 g/mol. The van der Waals surface area contributed by atoms with Crippen molar-refractivity contribution in [2.75, 3.05) is 12.3 Å². The highest BCUT2D eigenvalue weighted by Crippen LogP contribution is 2.52. The minimum Gasteiger partial charge on any atom is -0.394 e. The zero-order valence-corrected chi connectivity index (χ0v) is 15.0. The second-order valence-corrected chi connectivity index (χ2v) is 7.36. The molecular formula is C19H21N5O4. The van der Waals surface area contributed by atoms with Gasteiger partial charge in [-0.15, -0.1) is 0 Å². The first-order chi connectivity index (χ1) is 13.6. The van der Waals surface area contributed by atoms with Crippen LogP contribution >= 0.6 is 0 Å². The molecule has 1 aliphatic carbocycles. The predicted octanol–water partition coefficient (Wildman–Crippen LogP) is -0.0958. The second-order valence-electron chi connectivity index (χ2n) is 7.36. The number of hydrogen-bond acceptors (Lipinski definition) is 8. The van der Waals surface area contributed by atoms with Gasteiger partial charge in [0.15, 0.2) is 17.2 Å². The van der Waals surface area contributed by atoms with E-state index < -0.39 is 30.6 Å². The molecule has 2 aromatic heterocycles. The number of anilines is 1. The summed E-state index contributed by atoms with van der Waals surface area (Å²) in [5.41, 5.74) is 7.56. The molecule has 28 heavy (non-hydrogen) atoms. The van der Waals surface area contributed by atoms with Crippen molar-refractivity contribution in [2.24, 2.45) is 0 Å². The summed E-state index contributed by atoms with van der Waals surface area (Å²) in [6, 6.07) is 7.98. The minimum absolute atomic E-state index is 0.220. The van der Waals surface area contributed by atoms with Crippen molar-refractivity contribution in [3.05, 3.63) is 48.0 Å². The fourth-order valence-electron chi connectivity index (χ4n) is 4.73. The molecule has 0 amide bonds. The number of aliphatic hydroxyl groups excluding tert-OH is 3. The van der Waals surface area contributed by atoms with Crippen LogP contribution in [0.25, 0.3) is 11.2 Å². The third-order valence-electron chi connectivity index (χ3n) is 6.02. The average molecular weight is 383 g/mol. The molecule has 5 atom stereocenters. The Morgan fingerprint density at radius 3 is 2.82 bits per heavy atom. The smallest absolute Gasteiger partial charge is 0.183 e. The van der Waals surface area contributed by atoms with E-state index in [-0.39, 0.29) is 11.7 Å². The van der Waals surface area contributed by atoms with E-state index >= 15 is 0 Å². The number of fused-ring (bicyclic) bond motifs is 2. The van der Waals surface area contributed by atoms with Crippen molar-refractivity contribution < 1.29 is 20.1 Å². The zero-order valence-electron chi connectivity index (χ0n) is 15.0. The number of benzene rings is 1. The molecule has 3 heterocycles. The molecule has 1 fully saturated rings. The van der Waals surface area contributed by atoms with Crippen molar-refractivity contribution in [1.29, 1.82) is 0 Å². The van der Waals surface area contributed by atoms with Gasteiger partial charge in [0, 0.05) is 5.92 Å². The van der Waals surface area contributed by atoms with Crippen LogP contribution < -0.4 is 5.73 Å². The van der Waals surface area contributed by atoms with Gasteiger partial charge in [0.1, 0.15) is 30.2 Å². The fraction of sp³-hybridized carbons (Fsp3) is 0.421. The molecule has 0 spiro atoms. The van der Waals surface area contributed by atoms with E-state index in [2.05, 4.69) is 21.0 Å². The van der Waals surface area contributed by atoms with Crippen LogP contribution in [-0.4, -0.2) is 59.8 Å². The molecule has 9 nitrogen and oxygen atoms in total. The molecule has 2 aliphatic rings. The van der Waals surface area contributed by atoms with Gasteiger partial charge in [-0.05, 0) is 24.0 Å². The topological polar surface area (TPSA) is 140 Å². The first-order valence-corrected chi connectivity index (χ1v) is 9.24. The lowest BCUT2D eigenvalue weighted by Gasteiger charge is -2.39. The Morgan fingerprint density at radius 2 is 2.04 bits per heavy atom. The molecule has 5 rings (SSSR count). The van der Waals surface area contributed by atoms with E-state index in [1.807, 2.05) is 18.2 Å². The molecule has 0 saturated carbocycles. The summed E-state index contributed by atoms with van der Waals surface area (Å²) in [7, 11) is 0. The average Bonchev–Trinajstić information content (AvgIpc) is 3.39. The Kier molecular flexibility index (Phi) is 3.88. The number of aryl methyl sites for hydroxylation is 1. The van der Waals surface area contributed by atoms with Crippen LogP contribution in [-0.2, 0) is 16.9 Å². The number of imidazole rings is 1. The highest BCUT2D eigenvalue weighted by molar-refractivity contribution is 5.81. The van der Waals surface area contributed by atoms with Crippen molar-refractivity contribution in [2.45, 2.75) is 42.8 Å². The number of rotatable bonds is 3.